The number of carboxylic acids is 1. The van der Waals surface area contributed by atoms with Gasteiger partial charge >= 0.3 is 11.9 Å². The van der Waals surface area contributed by atoms with Crippen LogP contribution < -0.4 is 0 Å². The van der Waals surface area contributed by atoms with Crippen LogP contribution in [0.4, 0.5) is 0 Å². The molecule has 7 rings (SSSR count). The van der Waals surface area contributed by atoms with Crippen LogP contribution in [0.15, 0.2) is 23.8 Å². The molecule has 0 amide bonds. The Morgan fingerprint density at radius 2 is 1.58 bits per heavy atom. The number of rotatable bonds is 7. The molecular formula is C41H62O14. The predicted octanol–water partition coefficient (Wildman–Crippen LogP) is 2.20. The monoisotopic (exact) mass is 778 g/mol. The summed E-state index contributed by atoms with van der Waals surface area (Å²) in [5.74, 6) is -1.37. The molecule has 0 aromatic carbocycles. The van der Waals surface area contributed by atoms with Crippen LogP contribution in [0.3, 0.4) is 0 Å². The number of allylic oxidation sites excluding steroid dienone is 3. The minimum Gasteiger partial charge on any atom is -0.481 e. The number of fused-ring (bicyclic) bond motifs is 7. The first-order chi connectivity index (χ1) is 25.8. The van der Waals surface area contributed by atoms with Crippen LogP contribution in [0.1, 0.15) is 91.9 Å². The van der Waals surface area contributed by atoms with Gasteiger partial charge in [-0.25, -0.2) is 4.79 Å². The van der Waals surface area contributed by atoms with Gasteiger partial charge in [0.1, 0.15) is 36.6 Å². The number of methoxy groups -OCH3 is 1. The number of aliphatic hydroxyl groups is 6. The minimum atomic E-state index is -1.82. The van der Waals surface area contributed by atoms with Crippen LogP contribution in [0, 0.1) is 44.8 Å². The number of carbonyl (C=O) groups excluding carboxylic acids is 1. The Morgan fingerprint density at radius 1 is 0.873 bits per heavy atom. The lowest BCUT2D eigenvalue weighted by Crippen LogP contribution is -2.66. The Kier molecular flexibility index (Phi) is 10.8. The molecule has 4 saturated carbocycles. The molecule has 7 N–H and O–H groups in total. The largest absolute Gasteiger partial charge is 0.481 e. The summed E-state index contributed by atoms with van der Waals surface area (Å²) in [7, 11) is 1.07. The van der Waals surface area contributed by atoms with Gasteiger partial charge in [0.05, 0.1) is 31.8 Å². The Labute approximate surface area is 322 Å². The summed E-state index contributed by atoms with van der Waals surface area (Å²) >= 11 is 0. The van der Waals surface area contributed by atoms with Gasteiger partial charge in [0.25, 0.3) is 0 Å². The molecule has 310 valence electrons. The molecule has 0 aromatic rings. The van der Waals surface area contributed by atoms with Crippen LogP contribution >= 0.6 is 0 Å². The zero-order valence-corrected chi connectivity index (χ0v) is 32.8. The fraction of sp³-hybridized carbons (Fsp3) is 0.854. The van der Waals surface area contributed by atoms with E-state index < -0.39 is 84.2 Å². The quantitative estimate of drug-likeness (QED) is 0.112. The second-order valence-corrected chi connectivity index (χ2v) is 18.9. The van der Waals surface area contributed by atoms with Crippen molar-refractivity contribution in [2.75, 3.05) is 20.3 Å². The number of hydrogen-bond donors (Lipinski definition) is 7. The predicted molar refractivity (Wildman–Crippen MR) is 194 cm³/mol. The third kappa shape index (κ3) is 6.02. The lowest BCUT2D eigenvalue weighted by atomic mass is 9.34. The van der Waals surface area contributed by atoms with E-state index in [0.717, 1.165) is 57.6 Å². The average molecular weight is 779 g/mol. The molecule has 5 aliphatic carbocycles. The van der Waals surface area contributed by atoms with Crippen molar-refractivity contribution in [3.05, 3.63) is 23.8 Å². The molecule has 55 heavy (non-hydrogen) atoms. The van der Waals surface area contributed by atoms with Crippen LogP contribution in [-0.2, 0) is 33.3 Å². The fourth-order valence-electron chi connectivity index (χ4n) is 13.0. The van der Waals surface area contributed by atoms with E-state index in [9.17, 15) is 45.3 Å². The molecular weight excluding hydrogens is 716 g/mol. The van der Waals surface area contributed by atoms with Crippen molar-refractivity contribution in [3.63, 3.8) is 0 Å². The molecule has 0 spiro atoms. The first-order valence-corrected chi connectivity index (χ1v) is 20.1. The normalized spacial score (nSPS) is 52.5. The van der Waals surface area contributed by atoms with E-state index in [-0.39, 0.29) is 47.2 Å². The summed E-state index contributed by atoms with van der Waals surface area (Å²) in [5.41, 5.74) is 0.581. The highest BCUT2D eigenvalue weighted by atomic mass is 16.7. The van der Waals surface area contributed by atoms with Gasteiger partial charge in [0, 0.05) is 11.3 Å². The zero-order chi connectivity index (χ0) is 40.0. The summed E-state index contributed by atoms with van der Waals surface area (Å²) in [6.07, 6.45) is -4.94. The zero-order valence-electron chi connectivity index (χ0n) is 32.8. The van der Waals surface area contributed by atoms with E-state index in [0.29, 0.717) is 19.3 Å². The van der Waals surface area contributed by atoms with Crippen molar-refractivity contribution >= 4 is 11.9 Å². The number of aliphatic hydroxyl groups excluding tert-OH is 6. The van der Waals surface area contributed by atoms with Crippen molar-refractivity contribution in [2.24, 2.45) is 44.8 Å². The molecule has 2 saturated heterocycles. The smallest absolute Gasteiger partial charge is 0.337 e. The topological polar surface area (TPSA) is 222 Å². The molecule has 0 unspecified atom stereocenters. The number of ether oxygens (including phenoxy) is 5. The number of carboxylic acid groups (broad SMARTS) is 1. The summed E-state index contributed by atoms with van der Waals surface area (Å²) < 4.78 is 28.1. The fourth-order valence-corrected chi connectivity index (χ4v) is 13.0. The maximum atomic E-state index is 12.9. The Bertz CT molecular complexity index is 1550. The van der Waals surface area contributed by atoms with E-state index in [1.807, 2.05) is 6.92 Å². The van der Waals surface area contributed by atoms with Crippen LogP contribution in [-0.4, -0.2) is 129 Å². The van der Waals surface area contributed by atoms with Crippen LogP contribution in [0.5, 0.6) is 0 Å². The van der Waals surface area contributed by atoms with Crippen LogP contribution in [0.25, 0.3) is 0 Å². The van der Waals surface area contributed by atoms with Gasteiger partial charge in [0.15, 0.2) is 18.7 Å². The Balaban J connectivity index is 1.07. The lowest BCUT2D eigenvalue weighted by Gasteiger charge is -2.71. The maximum Gasteiger partial charge on any atom is 0.337 e. The first-order valence-electron chi connectivity index (χ1n) is 20.1. The van der Waals surface area contributed by atoms with Crippen molar-refractivity contribution in [1.29, 1.82) is 0 Å². The molecule has 0 radical (unpaired) electrons. The lowest BCUT2D eigenvalue weighted by molar-refractivity contribution is -0.349. The number of hydrogen-bond acceptors (Lipinski definition) is 13. The van der Waals surface area contributed by atoms with Crippen molar-refractivity contribution in [1.82, 2.24) is 0 Å². The van der Waals surface area contributed by atoms with Gasteiger partial charge in [-0.2, -0.15) is 0 Å². The summed E-state index contributed by atoms with van der Waals surface area (Å²) in [5, 5.41) is 75.2. The van der Waals surface area contributed by atoms with Crippen molar-refractivity contribution in [3.8, 4) is 0 Å². The third-order valence-electron chi connectivity index (χ3n) is 16.6. The van der Waals surface area contributed by atoms with E-state index in [4.69, 9.17) is 18.9 Å². The molecule has 14 nitrogen and oxygen atoms in total. The van der Waals surface area contributed by atoms with Gasteiger partial charge in [-0.15, -0.1) is 0 Å². The molecule has 0 bridgehead atoms. The Morgan fingerprint density at radius 3 is 2.25 bits per heavy atom. The highest BCUT2D eigenvalue weighted by Gasteiger charge is 2.69. The summed E-state index contributed by atoms with van der Waals surface area (Å²) in [6.45, 7) is 13.1. The number of esters is 1. The van der Waals surface area contributed by atoms with Gasteiger partial charge in [-0.3, -0.25) is 4.79 Å². The summed E-state index contributed by atoms with van der Waals surface area (Å²) in [6, 6.07) is 0. The molecule has 7 aliphatic rings. The summed E-state index contributed by atoms with van der Waals surface area (Å²) in [4.78, 5) is 25.0. The van der Waals surface area contributed by atoms with E-state index >= 15 is 0 Å². The van der Waals surface area contributed by atoms with Crippen molar-refractivity contribution in [2.45, 2.75) is 153 Å². The SMILES string of the molecule is C=C1CC[C@]2(C(=O)O)CC[C@]3(C)C(=CC[C@@H]4[C@@]5(C)CC[C@H](O[C@@H]6OC[C@H](O[C@@H]7O[C@H](C(=O)OC)[C@@H](O)[C@H](O)[C@H]7O)[C@H](O)[C@H]6O)[C@@](C)(CO)[C@@H]5CC[C@]43C)[C@@H]2C1. The van der Waals surface area contributed by atoms with E-state index in [1.165, 1.54) is 5.57 Å². The highest BCUT2D eigenvalue weighted by Crippen LogP contribution is 2.75. The molecule has 18 atom stereocenters. The van der Waals surface area contributed by atoms with Gasteiger partial charge in [-0.05, 0) is 92.3 Å². The van der Waals surface area contributed by atoms with Gasteiger partial charge < -0.3 is 59.4 Å². The Hall–Kier alpha value is -1.98. The number of carbonyl (C=O) groups is 2. The van der Waals surface area contributed by atoms with Crippen LogP contribution in [0.2, 0.25) is 0 Å². The highest BCUT2D eigenvalue weighted by molar-refractivity contribution is 5.77. The van der Waals surface area contributed by atoms with Gasteiger partial charge in [-0.1, -0.05) is 51.5 Å². The molecule has 6 fully saturated rings. The van der Waals surface area contributed by atoms with E-state index in [1.54, 1.807) is 0 Å². The number of aliphatic carboxylic acids is 1. The second-order valence-electron chi connectivity index (χ2n) is 18.9. The minimum absolute atomic E-state index is 0.0426. The molecule has 2 heterocycles. The third-order valence-corrected chi connectivity index (χ3v) is 16.6. The first kappa shape index (κ1) is 41.2. The van der Waals surface area contributed by atoms with Crippen molar-refractivity contribution < 1.29 is 69.0 Å². The van der Waals surface area contributed by atoms with Gasteiger partial charge in [0.2, 0.25) is 0 Å². The molecule has 2 aliphatic heterocycles. The second kappa shape index (κ2) is 14.4. The van der Waals surface area contributed by atoms with E-state index in [2.05, 4.69) is 38.2 Å². The molecule has 0 aromatic heterocycles. The average Bonchev–Trinajstić information content (AvgIpc) is 3.15. The molecule has 14 heteroatoms. The standard InChI is InChI=1S/C41H62O14/c1-20-9-14-41(36(49)50)16-15-39(4)21(22(41)17-20)7-8-25-37(2)12-11-26(38(3,19-42)24(37)10-13-40(25,39)5)54-34-30(46)27(43)23(18-52-34)53-35-31(47)28(44)29(45)32(55-35)33(48)51-6/h7,22-32,34-35,42-47H,1,8-19H2,2-6H3,(H,49,50)/t22-,23-,24+,25+,26-,27-,28-,29-,30+,31+,32-,34-,35+,37-,38-,39+,40+,41-/m0/s1. The maximum absolute atomic E-state index is 12.9.